The summed E-state index contributed by atoms with van der Waals surface area (Å²) in [5.74, 6) is 0. The van der Waals surface area contributed by atoms with Gasteiger partial charge in [-0.1, -0.05) is 0 Å². The predicted molar refractivity (Wildman–Crippen MR) is 64.7 cm³/mol. The highest BCUT2D eigenvalue weighted by molar-refractivity contribution is 7.43. The molecule has 0 spiro atoms. The van der Waals surface area contributed by atoms with Crippen LogP contribution in [-0.2, 0) is 4.52 Å². The van der Waals surface area contributed by atoms with E-state index in [1.807, 2.05) is 38.4 Å². The van der Waals surface area contributed by atoms with Crippen molar-refractivity contribution in [2.75, 3.05) is 6.61 Å². The van der Waals surface area contributed by atoms with Crippen LogP contribution in [0.2, 0.25) is 0 Å². The van der Waals surface area contributed by atoms with E-state index in [1.54, 1.807) is 0 Å². The van der Waals surface area contributed by atoms with Gasteiger partial charge in [0.1, 0.15) is 0 Å². The van der Waals surface area contributed by atoms with Crippen LogP contribution >= 0.6 is 20.9 Å². The molecule has 0 aromatic heterocycles. The first-order valence-electron chi connectivity index (χ1n) is 4.77. The first kappa shape index (κ1) is 17.5. The topological polar surface area (TPSA) is 56.5 Å². The highest BCUT2D eigenvalue weighted by Crippen LogP contribution is 2.40. The molecule has 0 aliphatic heterocycles. The minimum Gasteiger partial charge on any atom is -0.338 e. The van der Waals surface area contributed by atoms with Crippen LogP contribution in [-0.4, -0.2) is 28.3 Å². The van der Waals surface area contributed by atoms with Crippen LogP contribution in [0.15, 0.2) is 0 Å². The lowest BCUT2D eigenvalue weighted by molar-refractivity contribution is 0.215. The lowest BCUT2D eigenvalue weighted by Gasteiger charge is -2.32. The summed E-state index contributed by atoms with van der Waals surface area (Å²) in [6.45, 7) is 8.35. The molecule has 0 saturated carbocycles. The van der Waals surface area contributed by atoms with Crippen LogP contribution < -0.4 is 0 Å². The van der Waals surface area contributed by atoms with Gasteiger partial charge in [-0.3, -0.25) is 0 Å². The Balaban J connectivity index is 0. The van der Waals surface area contributed by atoms with Gasteiger partial charge in [-0.2, -0.15) is 5.26 Å². The number of halogens is 1. The Bertz CT molecular complexity index is 189. The van der Waals surface area contributed by atoms with Gasteiger partial charge in [-0.15, -0.1) is 12.4 Å². The molecule has 0 aliphatic rings. The first-order chi connectivity index (χ1) is 6.50. The lowest BCUT2D eigenvalue weighted by Crippen LogP contribution is -2.32. The summed E-state index contributed by atoms with van der Waals surface area (Å²) in [5.41, 5.74) is 0. The zero-order valence-electron chi connectivity index (χ0n) is 9.67. The van der Waals surface area contributed by atoms with Gasteiger partial charge >= 0.3 is 0 Å². The average Bonchev–Trinajstić information content (AvgIpc) is 2.03. The largest absolute Gasteiger partial charge is 0.338 e. The molecule has 1 unspecified atom stereocenters. The van der Waals surface area contributed by atoms with E-state index in [4.69, 9.17) is 9.79 Å². The zero-order valence-corrected chi connectivity index (χ0v) is 11.4. The molecular weight excluding hydrogens is 235 g/mol. The zero-order chi connectivity index (χ0) is 11.1. The molecule has 0 rings (SSSR count). The molecule has 1 N–H and O–H groups in total. The first-order valence-corrected chi connectivity index (χ1v) is 5.94. The fourth-order valence-corrected chi connectivity index (χ4v) is 2.41. The van der Waals surface area contributed by atoms with Gasteiger partial charge in [0.25, 0.3) is 8.53 Å². The summed E-state index contributed by atoms with van der Waals surface area (Å²) in [5, 5.41) is 8.32. The molecule has 6 heteroatoms. The Morgan fingerprint density at radius 2 is 1.80 bits per heavy atom. The normalized spacial score (nSPS) is 12.7. The summed E-state index contributed by atoms with van der Waals surface area (Å²) in [6.07, 6.45) is 0.323. The number of hydrogen-bond donors (Lipinski definition) is 1. The van der Waals surface area contributed by atoms with E-state index in [-0.39, 0.29) is 24.5 Å². The summed E-state index contributed by atoms with van der Waals surface area (Å²) >= 11 is 0. The van der Waals surface area contributed by atoms with Crippen molar-refractivity contribution in [1.82, 2.24) is 4.67 Å². The third-order valence-electron chi connectivity index (χ3n) is 1.68. The summed E-state index contributed by atoms with van der Waals surface area (Å²) < 4.78 is 7.10. The molecule has 0 aromatic rings. The van der Waals surface area contributed by atoms with Crippen molar-refractivity contribution in [2.45, 2.75) is 46.2 Å². The van der Waals surface area contributed by atoms with E-state index in [0.29, 0.717) is 13.0 Å². The van der Waals surface area contributed by atoms with E-state index in [2.05, 4.69) is 0 Å². The highest BCUT2D eigenvalue weighted by atomic mass is 35.5. The second-order valence-corrected chi connectivity index (χ2v) is 4.79. The summed E-state index contributed by atoms with van der Waals surface area (Å²) in [6, 6.07) is 2.46. The number of nitrogens with zero attached hydrogens (tertiary/aromatic N) is 2. The van der Waals surface area contributed by atoms with Gasteiger partial charge < -0.3 is 9.42 Å². The van der Waals surface area contributed by atoms with Gasteiger partial charge in [0.15, 0.2) is 0 Å². The van der Waals surface area contributed by atoms with E-state index in [9.17, 15) is 4.89 Å². The molecule has 0 amide bonds. The summed E-state index contributed by atoms with van der Waals surface area (Å²) in [7, 11) is -1.55. The van der Waals surface area contributed by atoms with Crippen LogP contribution in [0.1, 0.15) is 34.1 Å². The lowest BCUT2D eigenvalue weighted by atomic mass is 10.3. The Morgan fingerprint density at radius 1 is 1.33 bits per heavy atom. The van der Waals surface area contributed by atoms with Crippen LogP contribution in [0.4, 0.5) is 0 Å². The molecule has 0 aromatic carbocycles. The SMILES string of the molecule is CC(C)N(C(C)C)P(O)OCCC#N.Cl. The highest BCUT2D eigenvalue weighted by Gasteiger charge is 2.23. The van der Waals surface area contributed by atoms with Crippen molar-refractivity contribution in [3.8, 4) is 6.07 Å². The van der Waals surface area contributed by atoms with E-state index < -0.39 is 8.53 Å². The van der Waals surface area contributed by atoms with E-state index in [1.165, 1.54) is 0 Å². The van der Waals surface area contributed by atoms with Gasteiger partial charge in [-0.25, -0.2) is 4.67 Å². The van der Waals surface area contributed by atoms with E-state index in [0.717, 1.165) is 0 Å². The van der Waals surface area contributed by atoms with Crippen molar-refractivity contribution in [1.29, 1.82) is 5.26 Å². The van der Waals surface area contributed by atoms with Crippen LogP contribution in [0.25, 0.3) is 0 Å². The molecular formula is C9H20ClN2O2P. The molecule has 0 fully saturated rings. The van der Waals surface area contributed by atoms with Gasteiger partial charge in [-0.05, 0) is 27.7 Å². The van der Waals surface area contributed by atoms with Crippen LogP contribution in [0.3, 0.4) is 0 Å². The number of nitriles is 1. The maximum Gasteiger partial charge on any atom is 0.256 e. The maximum absolute atomic E-state index is 9.74. The molecule has 0 saturated heterocycles. The Labute approximate surface area is 99.6 Å². The Morgan fingerprint density at radius 3 is 2.13 bits per heavy atom. The molecule has 0 heterocycles. The average molecular weight is 255 g/mol. The maximum atomic E-state index is 9.74. The standard InChI is InChI=1S/C9H19N2O2P.ClH/c1-8(2)11(9(3)4)14(12)13-7-5-6-10;/h8-9,12H,5,7H2,1-4H3;1H. The Kier molecular flexibility index (Phi) is 10.9. The van der Waals surface area contributed by atoms with Crippen LogP contribution in [0.5, 0.6) is 0 Å². The third-order valence-corrected chi connectivity index (χ3v) is 3.41. The van der Waals surface area contributed by atoms with E-state index >= 15 is 0 Å². The van der Waals surface area contributed by atoms with Gasteiger partial charge in [0.05, 0.1) is 19.1 Å². The summed E-state index contributed by atoms with van der Waals surface area (Å²) in [4.78, 5) is 9.74. The minimum atomic E-state index is -1.55. The van der Waals surface area contributed by atoms with Gasteiger partial charge in [0, 0.05) is 12.1 Å². The molecule has 1 atom stereocenters. The van der Waals surface area contributed by atoms with Crippen LogP contribution in [0, 0.1) is 11.3 Å². The molecule has 15 heavy (non-hydrogen) atoms. The van der Waals surface area contributed by atoms with Crippen molar-refractivity contribution < 1.29 is 9.42 Å². The van der Waals surface area contributed by atoms with Crippen molar-refractivity contribution >= 4 is 20.9 Å². The molecule has 90 valence electrons. The number of rotatable bonds is 6. The third kappa shape index (κ3) is 7.05. The quantitative estimate of drug-likeness (QED) is 0.585. The van der Waals surface area contributed by atoms with Crippen molar-refractivity contribution in [3.63, 3.8) is 0 Å². The fraction of sp³-hybridized carbons (Fsp3) is 0.889. The second-order valence-electron chi connectivity index (χ2n) is 3.56. The monoisotopic (exact) mass is 254 g/mol. The number of hydrogen-bond acceptors (Lipinski definition) is 4. The predicted octanol–water partition coefficient (Wildman–Crippen LogP) is 2.68. The fourth-order valence-electron chi connectivity index (χ4n) is 1.23. The minimum absolute atomic E-state index is 0. The smallest absolute Gasteiger partial charge is 0.256 e. The molecule has 0 aliphatic carbocycles. The van der Waals surface area contributed by atoms with Crippen molar-refractivity contribution in [2.24, 2.45) is 0 Å². The Hall–Kier alpha value is 0.0900. The second kappa shape index (κ2) is 9.33. The van der Waals surface area contributed by atoms with Crippen molar-refractivity contribution in [3.05, 3.63) is 0 Å². The molecule has 4 nitrogen and oxygen atoms in total. The van der Waals surface area contributed by atoms with Gasteiger partial charge in [0.2, 0.25) is 0 Å². The molecule has 0 radical (unpaired) electrons. The molecule has 0 bridgehead atoms.